The van der Waals surface area contributed by atoms with Crippen LogP contribution in [0.3, 0.4) is 0 Å². The summed E-state index contributed by atoms with van der Waals surface area (Å²) in [5.41, 5.74) is -1.17. The predicted octanol–water partition coefficient (Wildman–Crippen LogP) is 1.81. The number of carbonyl (C=O) groups is 2. The van der Waals surface area contributed by atoms with E-state index in [0.717, 1.165) is 51.0 Å². The van der Waals surface area contributed by atoms with E-state index in [1.54, 1.807) is 12.2 Å². The van der Waals surface area contributed by atoms with Gasteiger partial charge in [-0.15, -0.1) is 0 Å². The quantitative estimate of drug-likeness (QED) is 0.694. The van der Waals surface area contributed by atoms with Crippen molar-refractivity contribution < 1.29 is 19.8 Å². The van der Waals surface area contributed by atoms with Gasteiger partial charge in [-0.3, -0.25) is 14.5 Å². The molecular formula is C26H38N2O4. The van der Waals surface area contributed by atoms with Gasteiger partial charge in [-0.2, -0.15) is 0 Å². The Hall–Kier alpha value is -1.34. The van der Waals surface area contributed by atoms with Crippen molar-refractivity contribution in [3.8, 4) is 0 Å². The van der Waals surface area contributed by atoms with Crippen LogP contribution in [0.5, 0.6) is 0 Å². The molecule has 4 aliphatic carbocycles. The number of hydrogen-bond donors (Lipinski definition) is 2. The van der Waals surface area contributed by atoms with Gasteiger partial charge in [-0.05, 0) is 63.1 Å². The third kappa shape index (κ3) is 3.13. The topological polar surface area (TPSA) is 81.1 Å². The second kappa shape index (κ2) is 7.59. The van der Waals surface area contributed by atoms with Gasteiger partial charge in [0.15, 0.2) is 11.6 Å². The lowest BCUT2D eigenvalue weighted by Gasteiger charge is -2.59. The molecule has 1 saturated heterocycles. The number of aliphatic hydroxyl groups excluding tert-OH is 1. The Balaban J connectivity index is 1.40. The number of fused-ring (bicyclic) bond motifs is 5. The van der Waals surface area contributed by atoms with Crippen LogP contribution in [0.2, 0.25) is 0 Å². The SMILES string of the molecule is CN1CCN(CC(=O)[C@@]2(O)CC[C@H]3[C@@H]4CCC5=CC(=O)C=C[C@]5(C)C4C(O)C[C@@]32C)CC1. The van der Waals surface area contributed by atoms with Crippen molar-refractivity contribution in [3.05, 3.63) is 23.8 Å². The first kappa shape index (κ1) is 22.5. The van der Waals surface area contributed by atoms with Crippen molar-refractivity contribution in [2.45, 2.75) is 57.7 Å². The van der Waals surface area contributed by atoms with Crippen LogP contribution in [0.25, 0.3) is 0 Å². The minimum Gasteiger partial charge on any atom is -0.393 e. The molecule has 2 N–H and O–H groups in total. The van der Waals surface area contributed by atoms with Gasteiger partial charge in [0.05, 0.1) is 12.6 Å². The Bertz CT molecular complexity index is 875. The van der Waals surface area contributed by atoms with Gasteiger partial charge in [0, 0.05) is 42.9 Å². The Kier molecular flexibility index (Phi) is 5.32. The molecule has 0 bridgehead atoms. The van der Waals surface area contributed by atoms with E-state index >= 15 is 0 Å². The first-order chi connectivity index (χ1) is 15.1. The lowest BCUT2D eigenvalue weighted by atomic mass is 9.46. The largest absolute Gasteiger partial charge is 0.393 e. The summed E-state index contributed by atoms with van der Waals surface area (Å²) in [6.45, 7) is 8.10. The Morgan fingerprint density at radius 3 is 2.62 bits per heavy atom. The number of rotatable bonds is 3. The molecule has 0 aromatic heterocycles. The Labute approximate surface area is 191 Å². The van der Waals surface area contributed by atoms with Crippen molar-refractivity contribution in [3.63, 3.8) is 0 Å². The summed E-state index contributed by atoms with van der Waals surface area (Å²) >= 11 is 0. The third-order valence-electron chi connectivity index (χ3n) is 10.1. The Morgan fingerprint density at radius 2 is 1.91 bits per heavy atom. The smallest absolute Gasteiger partial charge is 0.178 e. The highest BCUT2D eigenvalue weighted by Crippen LogP contribution is 2.67. The number of allylic oxidation sites excluding steroid dienone is 4. The molecule has 5 aliphatic rings. The van der Waals surface area contributed by atoms with E-state index in [9.17, 15) is 19.8 Å². The van der Waals surface area contributed by atoms with E-state index in [-0.39, 0.29) is 34.7 Å². The number of nitrogens with zero attached hydrogens (tertiary/aromatic N) is 2. The second-order valence-electron chi connectivity index (χ2n) is 11.6. The monoisotopic (exact) mass is 442 g/mol. The van der Waals surface area contributed by atoms with Gasteiger partial charge in [-0.1, -0.05) is 25.5 Å². The molecule has 1 aliphatic heterocycles. The van der Waals surface area contributed by atoms with Gasteiger partial charge in [-0.25, -0.2) is 0 Å². The molecule has 3 saturated carbocycles. The van der Waals surface area contributed by atoms with Crippen LogP contribution in [-0.2, 0) is 9.59 Å². The molecule has 4 fully saturated rings. The molecule has 6 nitrogen and oxygen atoms in total. The highest BCUT2D eigenvalue weighted by Gasteiger charge is 2.68. The van der Waals surface area contributed by atoms with Crippen molar-refractivity contribution in [1.82, 2.24) is 9.80 Å². The summed E-state index contributed by atoms with van der Waals surface area (Å²) in [6.07, 6.45) is 8.33. The molecule has 0 aromatic rings. The van der Waals surface area contributed by atoms with Crippen LogP contribution in [0, 0.1) is 28.6 Å². The Morgan fingerprint density at radius 1 is 1.19 bits per heavy atom. The molecule has 0 amide bonds. The van der Waals surface area contributed by atoms with Crippen molar-refractivity contribution in [1.29, 1.82) is 0 Å². The zero-order valence-electron chi connectivity index (χ0n) is 19.7. The summed E-state index contributed by atoms with van der Waals surface area (Å²) in [7, 11) is 2.10. The van der Waals surface area contributed by atoms with E-state index in [1.165, 1.54) is 0 Å². The molecule has 7 atom stereocenters. The van der Waals surface area contributed by atoms with Gasteiger partial charge in [0.2, 0.25) is 0 Å². The lowest BCUT2D eigenvalue weighted by molar-refractivity contribution is -0.177. The summed E-state index contributed by atoms with van der Waals surface area (Å²) in [6, 6.07) is 0. The number of aliphatic hydroxyl groups is 2. The maximum Gasteiger partial charge on any atom is 0.178 e. The fourth-order valence-electron chi connectivity index (χ4n) is 8.13. The second-order valence-corrected chi connectivity index (χ2v) is 11.6. The van der Waals surface area contributed by atoms with Crippen LogP contribution >= 0.6 is 0 Å². The summed E-state index contributed by atoms with van der Waals surface area (Å²) < 4.78 is 0. The molecule has 0 aromatic carbocycles. The molecule has 2 unspecified atom stereocenters. The van der Waals surface area contributed by atoms with Gasteiger partial charge < -0.3 is 15.1 Å². The molecular weight excluding hydrogens is 404 g/mol. The standard InChI is InChI=1S/C26H38N2O4/c1-24-8-6-18(29)14-17(24)4-5-19-20-7-9-26(32,25(20,2)15-21(30)23(19)24)22(31)16-28-12-10-27(3)11-13-28/h6,8,14,19-21,23,30,32H,4-5,7,9-13,15-16H2,1-3H3/t19-,20-,21?,23?,24-,25-,26-/m0/s1. The summed E-state index contributed by atoms with van der Waals surface area (Å²) in [5, 5.41) is 23.3. The molecule has 32 heavy (non-hydrogen) atoms. The first-order valence-corrected chi connectivity index (χ1v) is 12.4. The van der Waals surface area contributed by atoms with Gasteiger partial charge in [0.25, 0.3) is 0 Å². The number of ketones is 2. The molecule has 0 spiro atoms. The maximum absolute atomic E-state index is 13.5. The average molecular weight is 443 g/mol. The van der Waals surface area contributed by atoms with Crippen LogP contribution in [0.4, 0.5) is 0 Å². The van der Waals surface area contributed by atoms with E-state index in [1.807, 2.05) is 6.08 Å². The van der Waals surface area contributed by atoms with Crippen molar-refractivity contribution in [2.24, 2.45) is 28.6 Å². The third-order valence-corrected chi connectivity index (χ3v) is 10.1. The predicted molar refractivity (Wildman–Crippen MR) is 122 cm³/mol. The molecule has 176 valence electrons. The number of likely N-dealkylation sites (N-methyl/N-ethyl adjacent to an activating group) is 1. The zero-order chi connectivity index (χ0) is 22.9. The number of hydrogen-bond acceptors (Lipinski definition) is 6. The fourth-order valence-corrected chi connectivity index (χ4v) is 8.13. The van der Waals surface area contributed by atoms with Gasteiger partial charge >= 0.3 is 0 Å². The van der Waals surface area contributed by atoms with Crippen LogP contribution in [0.1, 0.15) is 46.0 Å². The van der Waals surface area contributed by atoms with Crippen LogP contribution in [0.15, 0.2) is 23.8 Å². The highest BCUT2D eigenvalue weighted by molar-refractivity contribution is 6.01. The maximum atomic E-state index is 13.5. The highest BCUT2D eigenvalue weighted by atomic mass is 16.3. The van der Waals surface area contributed by atoms with Crippen molar-refractivity contribution in [2.75, 3.05) is 39.8 Å². The summed E-state index contributed by atoms with van der Waals surface area (Å²) in [4.78, 5) is 29.9. The van der Waals surface area contributed by atoms with Gasteiger partial charge in [0.1, 0.15) is 5.60 Å². The van der Waals surface area contributed by atoms with E-state index in [0.29, 0.717) is 19.4 Å². The van der Waals surface area contributed by atoms with Crippen LogP contribution in [-0.4, -0.2) is 83.1 Å². The van der Waals surface area contributed by atoms with Crippen molar-refractivity contribution >= 4 is 11.6 Å². The minimum absolute atomic E-state index is 0.0278. The number of carbonyl (C=O) groups excluding carboxylic acids is 2. The fraction of sp³-hybridized carbons (Fsp3) is 0.769. The summed E-state index contributed by atoms with van der Waals surface area (Å²) in [5.74, 6) is 0.454. The normalized spacial score (nSPS) is 46.9. The molecule has 5 rings (SSSR count). The zero-order valence-corrected chi connectivity index (χ0v) is 19.7. The van der Waals surface area contributed by atoms with Crippen LogP contribution < -0.4 is 0 Å². The minimum atomic E-state index is -1.37. The molecule has 6 heteroatoms. The first-order valence-electron chi connectivity index (χ1n) is 12.4. The average Bonchev–Trinajstić information content (AvgIpc) is 3.01. The van der Waals surface area contributed by atoms with E-state index in [4.69, 9.17) is 0 Å². The lowest BCUT2D eigenvalue weighted by Crippen LogP contribution is -2.62. The number of piperazine rings is 1. The number of Topliss-reactive ketones (excluding diaryl/α,β-unsaturated/α-hetero) is 1. The molecule has 1 heterocycles. The van der Waals surface area contributed by atoms with E-state index in [2.05, 4.69) is 30.7 Å². The molecule has 0 radical (unpaired) electrons. The van der Waals surface area contributed by atoms with E-state index < -0.39 is 17.1 Å².